The second-order valence-electron chi connectivity index (χ2n) is 8.02. The van der Waals surface area contributed by atoms with Crippen LogP contribution in [0.3, 0.4) is 0 Å². The number of aliphatic hydroxyl groups excluding tert-OH is 1. The molecular weight excluding hydrogens is 375 g/mol. The molecule has 0 bridgehead atoms. The summed E-state index contributed by atoms with van der Waals surface area (Å²) >= 11 is 0. The minimum absolute atomic E-state index is 0.238. The summed E-state index contributed by atoms with van der Waals surface area (Å²) < 4.78 is 38.8. The molecule has 5 nitrogen and oxygen atoms in total. The maximum absolute atomic E-state index is 15.0. The highest BCUT2D eigenvalue weighted by atomic mass is 19.1. The zero-order chi connectivity index (χ0) is 20.4. The summed E-state index contributed by atoms with van der Waals surface area (Å²) in [6.45, 7) is 4.01. The van der Waals surface area contributed by atoms with Crippen molar-refractivity contribution < 1.29 is 28.4 Å². The van der Waals surface area contributed by atoms with Gasteiger partial charge in [-0.3, -0.25) is 0 Å². The lowest BCUT2D eigenvalue weighted by atomic mass is 9.85. The van der Waals surface area contributed by atoms with E-state index < -0.39 is 42.5 Å². The predicted octanol–water partition coefficient (Wildman–Crippen LogP) is 3.39. The van der Waals surface area contributed by atoms with E-state index in [0.29, 0.717) is 6.61 Å². The van der Waals surface area contributed by atoms with Gasteiger partial charge in [-0.05, 0) is 25.0 Å². The fraction of sp³-hybridized carbons (Fsp3) is 0.478. The molecule has 4 rings (SSSR count). The first kappa shape index (κ1) is 20.4. The van der Waals surface area contributed by atoms with Crippen LogP contribution in [0.5, 0.6) is 0 Å². The van der Waals surface area contributed by atoms with Gasteiger partial charge in [-0.25, -0.2) is 4.39 Å². The number of hydrogen-bond donors (Lipinski definition) is 1. The van der Waals surface area contributed by atoms with Gasteiger partial charge in [-0.15, -0.1) is 0 Å². The topological polar surface area (TPSA) is 57.2 Å². The molecule has 0 aromatic heterocycles. The lowest BCUT2D eigenvalue weighted by Gasteiger charge is -2.42. The van der Waals surface area contributed by atoms with E-state index in [1.54, 1.807) is 13.8 Å². The van der Waals surface area contributed by atoms with Crippen LogP contribution >= 0.6 is 0 Å². The number of aliphatic hydroxyl groups is 1. The van der Waals surface area contributed by atoms with Crippen LogP contribution in [0.25, 0.3) is 0 Å². The number of fused-ring (bicyclic) bond motifs is 1. The molecule has 2 aromatic carbocycles. The van der Waals surface area contributed by atoms with E-state index in [1.165, 1.54) is 0 Å². The molecule has 0 unspecified atom stereocenters. The van der Waals surface area contributed by atoms with Crippen molar-refractivity contribution in [2.45, 2.75) is 69.5 Å². The normalized spacial score (nSPS) is 33.4. The number of hydrogen-bond acceptors (Lipinski definition) is 5. The highest BCUT2D eigenvalue weighted by Crippen LogP contribution is 2.41. The Morgan fingerprint density at radius 2 is 1.31 bits per heavy atom. The first-order valence-corrected chi connectivity index (χ1v) is 9.93. The molecule has 0 amide bonds. The molecule has 0 radical (unpaired) electrons. The molecule has 156 valence electrons. The second-order valence-corrected chi connectivity index (χ2v) is 8.02. The molecule has 6 heteroatoms. The van der Waals surface area contributed by atoms with Crippen molar-refractivity contribution in [3.8, 4) is 0 Å². The van der Waals surface area contributed by atoms with Crippen molar-refractivity contribution in [3.63, 3.8) is 0 Å². The molecule has 1 N–H and O–H groups in total. The number of alkyl halides is 1. The minimum Gasteiger partial charge on any atom is -0.387 e. The van der Waals surface area contributed by atoms with Gasteiger partial charge in [0.25, 0.3) is 0 Å². The third kappa shape index (κ3) is 4.52. The molecule has 6 atom stereocenters. The van der Waals surface area contributed by atoms with E-state index in [2.05, 4.69) is 0 Å². The van der Waals surface area contributed by atoms with Crippen LogP contribution in [0, 0.1) is 0 Å². The van der Waals surface area contributed by atoms with Crippen LogP contribution in [0.2, 0.25) is 0 Å². The summed E-state index contributed by atoms with van der Waals surface area (Å²) in [5, 5.41) is 10.7. The summed E-state index contributed by atoms with van der Waals surface area (Å²) in [6, 6.07) is 19.3. The molecular formula is C23H27FO5. The number of halogens is 1. The second kappa shape index (κ2) is 8.50. The van der Waals surface area contributed by atoms with Crippen molar-refractivity contribution in [2.75, 3.05) is 0 Å². The fourth-order valence-electron chi connectivity index (χ4n) is 3.99. The maximum atomic E-state index is 15.0. The number of ether oxygens (including phenoxy) is 4. The van der Waals surface area contributed by atoms with E-state index in [-0.39, 0.29) is 6.61 Å². The summed E-state index contributed by atoms with van der Waals surface area (Å²) in [5.41, 5.74) is 1.91. The van der Waals surface area contributed by atoms with Gasteiger partial charge >= 0.3 is 0 Å². The van der Waals surface area contributed by atoms with E-state index >= 15 is 0 Å². The van der Waals surface area contributed by atoms with Crippen molar-refractivity contribution in [2.24, 2.45) is 0 Å². The van der Waals surface area contributed by atoms with E-state index in [1.807, 2.05) is 60.7 Å². The molecule has 1 aliphatic heterocycles. The van der Waals surface area contributed by atoms with Crippen LogP contribution in [0.1, 0.15) is 25.0 Å². The van der Waals surface area contributed by atoms with Gasteiger partial charge in [0.15, 0.2) is 12.0 Å². The lowest BCUT2D eigenvalue weighted by molar-refractivity contribution is -0.216. The SMILES string of the molecule is CC1(C)O[C@@H]2[C@@H](OCc3ccccc3)[C@H](OCc3ccccc3)[C@H](O)[C@@H](F)[C@@H]2O1. The number of rotatable bonds is 6. The van der Waals surface area contributed by atoms with Crippen molar-refractivity contribution in [1.82, 2.24) is 0 Å². The minimum atomic E-state index is -1.63. The smallest absolute Gasteiger partial charge is 0.164 e. The van der Waals surface area contributed by atoms with Gasteiger partial charge in [-0.1, -0.05) is 60.7 Å². The molecule has 29 heavy (non-hydrogen) atoms. The molecule has 1 saturated carbocycles. The Balaban J connectivity index is 1.55. The Bertz CT molecular complexity index is 784. The predicted molar refractivity (Wildman–Crippen MR) is 105 cm³/mol. The zero-order valence-electron chi connectivity index (χ0n) is 16.6. The van der Waals surface area contributed by atoms with Gasteiger partial charge in [-0.2, -0.15) is 0 Å². The standard InChI is InChI=1S/C23H27FO5/c1-23(2)28-19-17(24)18(25)20(26-13-15-9-5-3-6-10-15)21(22(19)29-23)27-14-16-11-7-4-8-12-16/h3-12,17-22,25H,13-14H2,1-2H3/t17-,18-,19+,20-,21+,22+/m1/s1. The van der Waals surface area contributed by atoms with E-state index in [0.717, 1.165) is 11.1 Å². The average Bonchev–Trinajstić information content (AvgIpc) is 3.06. The highest BCUT2D eigenvalue weighted by Gasteiger charge is 2.59. The Labute approximate surface area is 170 Å². The molecule has 1 aliphatic carbocycles. The van der Waals surface area contributed by atoms with Crippen molar-refractivity contribution in [3.05, 3.63) is 71.8 Å². The lowest BCUT2D eigenvalue weighted by Crippen LogP contribution is -2.62. The Hall–Kier alpha value is -1.83. The summed E-state index contributed by atoms with van der Waals surface area (Å²) in [5.74, 6) is -0.956. The number of benzene rings is 2. The van der Waals surface area contributed by atoms with Gasteiger partial charge in [0.2, 0.25) is 0 Å². The fourth-order valence-corrected chi connectivity index (χ4v) is 3.99. The van der Waals surface area contributed by atoms with Crippen LogP contribution in [-0.2, 0) is 32.2 Å². The van der Waals surface area contributed by atoms with Crippen LogP contribution in [0.15, 0.2) is 60.7 Å². The van der Waals surface area contributed by atoms with Crippen LogP contribution in [-0.4, -0.2) is 47.6 Å². The third-order valence-corrected chi connectivity index (χ3v) is 5.36. The third-order valence-electron chi connectivity index (χ3n) is 5.36. The Morgan fingerprint density at radius 3 is 1.86 bits per heavy atom. The van der Waals surface area contributed by atoms with Gasteiger partial charge < -0.3 is 24.1 Å². The molecule has 2 aromatic rings. The summed E-state index contributed by atoms with van der Waals surface area (Å²) in [4.78, 5) is 0. The average molecular weight is 402 g/mol. The first-order chi connectivity index (χ1) is 13.9. The summed E-state index contributed by atoms with van der Waals surface area (Å²) in [7, 11) is 0. The van der Waals surface area contributed by atoms with E-state index in [9.17, 15) is 9.50 Å². The quantitative estimate of drug-likeness (QED) is 0.803. The molecule has 1 saturated heterocycles. The van der Waals surface area contributed by atoms with Gasteiger partial charge in [0.1, 0.15) is 30.5 Å². The first-order valence-electron chi connectivity index (χ1n) is 9.93. The van der Waals surface area contributed by atoms with Crippen LogP contribution < -0.4 is 0 Å². The highest BCUT2D eigenvalue weighted by molar-refractivity contribution is 5.15. The molecule has 1 heterocycles. The molecule has 2 aliphatic rings. The maximum Gasteiger partial charge on any atom is 0.164 e. The molecule has 2 fully saturated rings. The van der Waals surface area contributed by atoms with Crippen molar-refractivity contribution in [1.29, 1.82) is 0 Å². The van der Waals surface area contributed by atoms with Gasteiger partial charge in [0.05, 0.1) is 13.2 Å². The molecule has 0 spiro atoms. The van der Waals surface area contributed by atoms with E-state index in [4.69, 9.17) is 18.9 Å². The van der Waals surface area contributed by atoms with Crippen LogP contribution in [0.4, 0.5) is 4.39 Å². The van der Waals surface area contributed by atoms with Gasteiger partial charge in [0, 0.05) is 0 Å². The summed E-state index contributed by atoms with van der Waals surface area (Å²) in [6.07, 6.45) is -6.14. The Kier molecular flexibility index (Phi) is 5.99. The Morgan fingerprint density at radius 1 is 0.828 bits per heavy atom. The zero-order valence-corrected chi connectivity index (χ0v) is 16.6. The monoisotopic (exact) mass is 402 g/mol. The van der Waals surface area contributed by atoms with Crippen molar-refractivity contribution >= 4 is 0 Å². The largest absolute Gasteiger partial charge is 0.387 e.